The standard InChI is InChI=1S/C11H15ClO2S/c1-8-11(7-13,4-5-14-8)6-9-2-3-10(12)15-9/h2-3,8,13H,4-7H2,1H3. The van der Waals surface area contributed by atoms with Crippen molar-refractivity contribution in [3.05, 3.63) is 21.3 Å². The van der Waals surface area contributed by atoms with E-state index in [1.54, 1.807) is 11.3 Å². The van der Waals surface area contributed by atoms with Crippen molar-refractivity contribution in [3.8, 4) is 0 Å². The molecule has 4 heteroatoms. The van der Waals surface area contributed by atoms with Crippen LogP contribution in [0.25, 0.3) is 0 Å². The molecule has 0 aliphatic carbocycles. The number of aliphatic hydroxyl groups excluding tert-OH is 1. The molecule has 1 aromatic rings. The summed E-state index contributed by atoms with van der Waals surface area (Å²) in [6.45, 7) is 2.98. The molecule has 2 nitrogen and oxygen atoms in total. The number of thiophene rings is 1. The maximum atomic E-state index is 9.55. The summed E-state index contributed by atoms with van der Waals surface area (Å²) in [5.74, 6) is 0. The maximum absolute atomic E-state index is 9.55. The Bertz CT molecular complexity index is 339. The zero-order valence-corrected chi connectivity index (χ0v) is 10.3. The lowest BCUT2D eigenvalue weighted by atomic mass is 9.79. The van der Waals surface area contributed by atoms with Crippen molar-refractivity contribution in [3.63, 3.8) is 0 Å². The summed E-state index contributed by atoms with van der Waals surface area (Å²) in [5.41, 5.74) is -0.103. The fraction of sp³-hybridized carbons (Fsp3) is 0.636. The van der Waals surface area contributed by atoms with Crippen molar-refractivity contribution in [1.29, 1.82) is 0 Å². The number of halogens is 1. The highest BCUT2D eigenvalue weighted by atomic mass is 35.5. The Morgan fingerprint density at radius 2 is 2.47 bits per heavy atom. The Morgan fingerprint density at radius 3 is 2.93 bits per heavy atom. The van der Waals surface area contributed by atoms with Gasteiger partial charge in [0, 0.05) is 16.9 Å². The molecule has 0 saturated carbocycles. The number of aliphatic hydroxyl groups is 1. The fourth-order valence-electron chi connectivity index (χ4n) is 2.11. The highest BCUT2D eigenvalue weighted by molar-refractivity contribution is 7.16. The van der Waals surface area contributed by atoms with Gasteiger partial charge in [0.05, 0.1) is 17.0 Å². The van der Waals surface area contributed by atoms with Crippen molar-refractivity contribution in [2.45, 2.75) is 25.9 Å². The molecule has 1 aromatic heterocycles. The van der Waals surface area contributed by atoms with Gasteiger partial charge in [-0.05, 0) is 31.9 Å². The normalized spacial score (nSPS) is 31.0. The zero-order valence-electron chi connectivity index (χ0n) is 8.70. The minimum Gasteiger partial charge on any atom is -0.396 e. The minimum atomic E-state index is -0.103. The molecule has 0 amide bonds. The van der Waals surface area contributed by atoms with Crippen molar-refractivity contribution in [2.24, 2.45) is 5.41 Å². The quantitative estimate of drug-likeness (QED) is 0.889. The Balaban J connectivity index is 2.14. The van der Waals surface area contributed by atoms with Gasteiger partial charge in [-0.3, -0.25) is 0 Å². The predicted octanol–water partition coefficient (Wildman–Crippen LogP) is 2.73. The van der Waals surface area contributed by atoms with Crippen LogP contribution in [0, 0.1) is 5.41 Å². The topological polar surface area (TPSA) is 29.5 Å². The van der Waals surface area contributed by atoms with Crippen molar-refractivity contribution in [2.75, 3.05) is 13.2 Å². The molecule has 1 aliphatic heterocycles. The summed E-state index contributed by atoms with van der Waals surface area (Å²) in [6, 6.07) is 3.95. The lowest BCUT2D eigenvalue weighted by Crippen LogP contribution is -2.34. The fourth-order valence-corrected chi connectivity index (χ4v) is 3.35. The predicted molar refractivity (Wildman–Crippen MR) is 62.6 cm³/mol. The number of ether oxygens (including phenoxy) is 1. The second-order valence-electron chi connectivity index (χ2n) is 4.17. The first-order valence-corrected chi connectivity index (χ1v) is 6.32. The average Bonchev–Trinajstić information content (AvgIpc) is 2.76. The molecule has 15 heavy (non-hydrogen) atoms. The van der Waals surface area contributed by atoms with Gasteiger partial charge >= 0.3 is 0 Å². The summed E-state index contributed by atoms with van der Waals surface area (Å²) in [5, 5.41) is 9.55. The molecule has 2 heterocycles. The minimum absolute atomic E-state index is 0.103. The van der Waals surface area contributed by atoms with Gasteiger partial charge in [0.25, 0.3) is 0 Å². The second kappa shape index (κ2) is 4.42. The number of hydrogen-bond donors (Lipinski definition) is 1. The van der Waals surface area contributed by atoms with Crippen LogP contribution in [0.15, 0.2) is 12.1 Å². The van der Waals surface area contributed by atoms with Crippen LogP contribution < -0.4 is 0 Å². The average molecular weight is 247 g/mol. The lowest BCUT2D eigenvalue weighted by Gasteiger charge is -2.29. The van der Waals surface area contributed by atoms with Crippen molar-refractivity contribution in [1.82, 2.24) is 0 Å². The molecule has 84 valence electrons. The summed E-state index contributed by atoms with van der Waals surface area (Å²) >= 11 is 7.48. The first-order valence-electron chi connectivity index (χ1n) is 5.13. The van der Waals surface area contributed by atoms with E-state index in [9.17, 15) is 5.11 Å². The lowest BCUT2D eigenvalue weighted by molar-refractivity contribution is 0.0276. The highest BCUT2D eigenvalue weighted by Gasteiger charge is 2.41. The summed E-state index contributed by atoms with van der Waals surface area (Å²) in [4.78, 5) is 1.23. The molecular formula is C11H15ClO2S. The number of hydrogen-bond acceptors (Lipinski definition) is 3. The van der Waals surface area contributed by atoms with E-state index in [2.05, 4.69) is 0 Å². The van der Waals surface area contributed by atoms with Crippen LogP contribution in [0.3, 0.4) is 0 Å². The Kier molecular flexibility index (Phi) is 3.36. The Hall–Kier alpha value is -0.0900. The van der Waals surface area contributed by atoms with Gasteiger partial charge in [0.15, 0.2) is 0 Å². The van der Waals surface area contributed by atoms with Gasteiger partial charge in [-0.2, -0.15) is 0 Å². The van der Waals surface area contributed by atoms with E-state index in [-0.39, 0.29) is 18.1 Å². The monoisotopic (exact) mass is 246 g/mol. The largest absolute Gasteiger partial charge is 0.396 e. The Labute approximate surface area is 98.8 Å². The van der Waals surface area contributed by atoms with E-state index >= 15 is 0 Å². The first-order chi connectivity index (χ1) is 7.16. The Morgan fingerprint density at radius 1 is 1.67 bits per heavy atom. The summed E-state index contributed by atoms with van der Waals surface area (Å²) in [7, 11) is 0. The van der Waals surface area contributed by atoms with Crippen LogP contribution in [-0.2, 0) is 11.2 Å². The molecule has 2 unspecified atom stereocenters. The van der Waals surface area contributed by atoms with Crippen LogP contribution >= 0.6 is 22.9 Å². The zero-order chi connectivity index (χ0) is 10.9. The van der Waals surface area contributed by atoms with Gasteiger partial charge < -0.3 is 9.84 Å². The summed E-state index contributed by atoms with van der Waals surface area (Å²) in [6.07, 6.45) is 1.92. The van der Waals surface area contributed by atoms with Gasteiger partial charge in [-0.15, -0.1) is 11.3 Å². The van der Waals surface area contributed by atoms with Crippen LogP contribution in [0.5, 0.6) is 0 Å². The molecular weight excluding hydrogens is 232 g/mol. The SMILES string of the molecule is CC1OCCC1(CO)Cc1ccc(Cl)s1. The first kappa shape index (κ1) is 11.4. The van der Waals surface area contributed by atoms with E-state index in [1.165, 1.54) is 4.88 Å². The molecule has 0 bridgehead atoms. The third kappa shape index (κ3) is 2.21. The molecule has 0 aromatic carbocycles. The molecule has 1 saturated heterocycles. The molecule has 0 radical (unpaired) electrons. The van der Waals surface area contributed by atoms with Crippen LogP contribution in [0.2, 0.25) is 4.34 Å². The van der Waals surface area contributed by atoms with E-state index in [0.29, 0.717) is 0 Å². The smallest absolute Gasteiger partial charge is 0.0931 e. The van der Waals surface area contributed by atoms with Crippen LogP contribution in [0.1, 0.15) is 18.2 Å². The molecule has 2 atom stereocenters. The van der Waals surface area contributed by atoms with E-state index in [1.807, 2.05) is 19.1 Å². The third-order valence-corrected chi connectivity index (χ3v) is 4.53. The highest BCUT2D eigenvalue weighted by Crippen LogP contribution is 2.39. The molecule has 2 rings (SSSR count). The maximum Gasteiger partial charge on any atom is 0.0931 e. The number of rotatable bonds is 3. The summed E-state index contributed by atoms with van der Waals surface area (Å²) < 4.78 is 6.36. The van der Waals surface area contributed by atoms with Crippen molar-refractivity contribution >= 4 is 22.9 Å². The van der Waals surface area contributed by atoms with Crippen LogP contribution in [0.4, 0.5) is 0 Å². The van der Waals surface area contributed by atoms with Crippen molar-refractivity contribution < 1.29 is 9.84 Å². The van der Waals surface area contributed by atoms with E-state index < -0.39 is 0 Å². The van der Waals surface area contributed by atoms with E-state index in [4.69, 9.17) is 16.3 Å². The van der Waals surface area contributed by atoms with Gasteiger partial charge in [-0.1, -0.05) is 11.6 Å². The van der Waals surface area contributed by atoms with Crippen LogP contribution in [-0.4, -0.2) is 24.4 Å². The molecule has 1 fully saturated rings. The van der Waals surface area contributed by atoms with Gasteiger partial charge in [0.2, 0.25) is 0 Å². The molecule has 0 spiro atoms. The van der Waals surface area contributed by atoms with E-state index in [0.717, 1.165) is 23.8 Å². The molecule has 1 N–H and O–H groups in total. The van der Waals surface area contributed by atoms with Gasteiger partial charge in [-0.25, -0.2) is 0 Å². The second-order valence-corrected chi connectivity index (χ2v) is 5.97. The molecule has 1 aliphatic rings. The third-order valence-electron chi connectivity index (χ3n) is 3.30. The van der Waals surface area contributed by atoms with Gasteiger partial charge in [0.1, 0.15) is 0 Å².